The van der Waals surface area contributed by atoms with E-state index in [0.29, 0.717) is 18.1 Å². The SMILES string of the molecule is CCCCCCCOC(=O)C1=C(C)Nc2ncnn2[C@H]1c1ccncc1. The molecule has 2 aromatic rings. The second kappa shape index (κ2) is 8.60. The van der Waals surface area contributed by atoms with E-state index in [-0.39, 0.29) is 12.0 Å². The van der Waals surface area contributed by atoms with E-state index in [0.717, 1.165) is 24.1 Å². The van der Waals surface area contributed by atoms with E-state index >= 15 is 0 Å². The third-order valence-corrected chi connectivity index (χ3v) is 4.52. The van der Waals surface area contributed by atoms with Gasteiger partial charge < -0.3 is 10.1 Å². The molecule has 1 aliphatic rings. The fourth-order valence-electron chi connectivity index (χ4n) is 3.16. The number of hydrogen-bond acceptors (Lipinski definition) is 6. The van der Waals surface area contributed by atoms with Crippen molar-refractivity contribution in [1.82, 2.24) is 19.7 Å². The molecule has 0 aliphatic carbocycles. The summed E-state index contributed by atoms with van der Waals surface area (Å²) in [5, 5.41) is 7.43. The number of carbonyl (C=O) groups excluding carboxylic acids is 1. The Kier molecular flexibility index (Phi) is 5.99. The predicted octanol–water partition coefficient (Wildman–Crippen LogP) is 3.48. The summed E-state index contributed by atoms with van der Waals surface area (Å²) in [4.78, 5) is 21.1. The number of fused-ring (bicyclic) bond motifs is 1. The highest BCUT2D eigenvalue weighted by Crippen LogP contribution is 2.34. The first-order valence-corrected chi connectivity index (χ1v) is 9.16. The van der Waals surface area contributed by atoms with Gasteiger partial charge in [0.25, 0.3) is 0 Å². The number of rotatable bonds is 8. The van der Waals surface area contributed by atoms with Gasteiger partial charge in [-0.3, -0.25) is 4.98 Å². The molecule has 26 heavy (non-hydrogen) atoms. The summed E-state index contributed by atoms with van der Waals surface area (Å²) in [5.74, 6) is 0.300. The van der Waals surface area contributed by atoms with Crippen molar-refractivity contribution in [2.24, 2.45) is 0 Å². The maximum atomic E-state index is 12.8. The van der Waals surface area contributed by atoms with Crippen LogP contribution in [0.1, 0.15) is 57.6 Å². The van der Waals surface area contributed by atoms with Crippen molar-refractivity contribution in [3.63, 3.8) is 0 Å². The highest BCUT2D eigenvalue weighted by atomic mass is 16.5. The number of allylic oxidation sites excluding steroid dienone is 1. The Morgan fingerprint density at radius 2 is 2.00 bits per heavy atom. The average Bonchev–Trinajstić information content (AvgIpc) is 3.11. The molecule has 138 valence electrons. The predicted molar refractivity (Wildman–Crippen MR) is 98.4 cm³/mol. The molecule has 0 radical (unpaired) electrons. The van der Waals surface area contributed by atoms with Gasteiger partial charge in [0.15, 0.2) is 0 Å². The molecule has 0 saturated carbocycles. The summed E-state index contributed by atoms with van der Waals surface area (Å²) in [6.07, 6.45) is 10.5. The molecular weight excluding hydrogens is 330 g/mol. The van der Waals surface area contributed by atoms with Gasteiger partial charge in [0, 0.05) is 18.1 Å². The normalized spacial score (nSPS) is 16.2. The molecule has 0 saturated heterocycles. The van der Waals surface area contributed by atoms with Gasteiger partial charge >= 0.3 is 5.97 Å². The minimum Gasteiger partial charge on any atom is -0.462 e. The number of carbonyl (C=O) groups is 1. The van der Waals surface area contributed by atoms with Crippen LogP contribution in [0.5, 0.6) is 0 Å². The van der Waals surface area contributed by atoms with Crippen molar-refractivity contribution in [3.05, 3.63) is 47.7 Å². The third-order valence-electron chi connectivity index (χ3n) is 4.52. The van der Waals surface area contributed by atoms with Gasteiger partial charge in [0.1, 0.15) is 12.4 Å². The highest BCUT2D eigenvalue weighted by molar-refractivity contribution is 5.92. The van der Waals surface area contributed by atoms with Crippen LogP contribution in [0.3, 0.4) is 0 Å². The zero-order chi connectivity index (χ0) is 18.4. The van der Waals surface area contributed by atoms with Crippen molar-refractivity contribution in [3.8, 4) is 0 Å². The maximum absolute atomic E-state index is 12.8. The number of pyridine rings is 1. The molecule has 0 aromatic carbocycles. The Balaban J connectivity index is 1.76. The van der Waals surface area contributed by atoms with Crippen molar-refractivity contribution in [2.75, 3.05) is 11.9 Å². The van der Waals surface area contributed by atoms with Gasteiger partial charge in [0.2, 0.25) is 5.95 Å². The first-order valence-electron chi connectivity index (χ1n) is 9.16. The minimum atomic E-state index is -0.371. The van der Waals surface area contributed by atoms with E-state index < -0.39 is 0 Å². The fourth-order valence-corrected chi connectivity index (χ4v) is 3.16. The lowest BCUT2D eigenvalue weighted by molar-refractivity contribution is -0.139. The highest BCUT2D eigenvalue weighted by Gasteiger charge is 2.34. The van der Waals surface area contributed by atoms with E-state index in [1.807, 2.05) is 19.1 Å². The Bertz CT molecular complexity index is 769. The van der Waals surface area contributed by atoms with Gasteiger partial charge in [-0.05, 0) is 31.0 Å². The molecule has 0 fully saturated rings. The quantitative estimate of drug-likeness (QED) is 0.577. The number of hydrogen-bond donors (Lipinski definition) is 1. The zero-order valence-electron chi connectivity index (χ0n) is 15.3. The molecule has 3 heterocycles. The van der Waals surface area contributed by atoms with Crippen LogP contribution in [0, 0.1) is 0 Å². The monoisotopic (exact) mass is 355 g/mol. The van der Waals surface area contributed by atoms with Crippen LogP contribution < -0.4 is 5.32 Å². The molecule has 0 spiro atoms. The number of nitrogens with one attached hydrogen (secondary N) is 1. The van der Waals surface area contributed by atoms with Gasteiger partial charge in [-0.25, -0.2) is 9.48 Å². The second-order valence-electron chi connectivity index (χ2n) is 6.43. The first kappa shape index (κ1) is 18.1. The van der Waals surface area contributed by atoms with Gasteiger partial charge in [0.05, 0.1) is 12.2 Å². The molecule has 0 unspecified atom stereocenters. The minimum absolute atomic E-state index is 0.312. The van der Waals surface area contributed by atoms with E-state index in [9.17, 15) is 4.79 Å². The standard InChI is InChI=1S/C19H25N5O2/c1-3-4-5-6-7-12-26-18(25)16-14(2)23-19-21-13-22-24(19)17(16)15-8-10-20-11-9-15/h8-11,13,17H,3-7,12H2,1-2H3,(H,21,22,23)/t17-/m0/s1. The van der Waals surface area contributed by atoms with E-state index in [2.05, 4.69) is 27.3 Å². The first-order chi connectivity index (χ1) is 12.7. The molecule has 0 amide bonds. The van der Waals surface area contributed by atoms with Crippen molar-refractivity contribution < 1.29 is 9.53 Å². The Morgan fingerprint density at radius 3 is 2.77 bits per heavy atom. The van der Waals surface area contributed by atoms with Gasteiger partial charge in [-0.1, -0.05) is 32.6 Å². The largest absolute Gasteiger partial charge is 0.462 e. The van der Waals surface area contributed by atoms with Crippen molar-refractivity contribution in [2.45, 2.75) is 52.0 Å². The Morgan fingerprint density at radius 1 is 1.23 bits per heavy atom. The molecule has 1 aliphatic heterocycles. The van der Waals surface area contributed by atoms with E-state index in [1.165, 1.54) is 25.6 Å². The van der Waals surface area contributed by atoms with E-state index in [1.54, 1.807) is 17.1 Å². The fraction of sp³-hybridized carbons (Fsp3) is 0.474. The Labute approximate surface area is 153 Å². The molecule has 7 heteroatoms. The molecule has 0 bridgehead atoms. The van der Waals surface area contributed by atoms with Crippen LogP contribution in [-0.2, 0) is 9.53 Å². The third kappa shape index (κ3) is 3.92. The van der Waals surface area contributed by atoms with E-state index in [4.69, 9.17) is 4.74 Å². The van der Waals surface area contributed by atoms with Crippen LogP contribution in [0.15, 0.2) is 42.1 Å². The number of aromatic nitrogens is 4. The lowest BCUT2D eigenvalue weighted by Gasteiger charge is -2.28. The summed E-state index contributed by atoms with van der Waals surface area (Å²) >= 11 is 0. The maximum Gasteiger partial charge on any atom is 0.338 e. The van der Waals surface area contributed by atoms with Crippen LogP contribution >= 0.6 is 0 Å². The summed E-state index contributed by atoms with van der Waals surface area (Å²) in [6, 6.07) is 3.39. The summed E-state index contributed by atoms with van der Waals surface area (Å²) in [5.41, 5.74) is 2.22. The number of ether oxygens (including phenoxy) is 1. The summed E-state index contributed by atoms with van der Waals surface area (Å²) in [7, 11) is 0. The summed E-state index contributed by atoms with van der Waals surface area (Å²) < 4.78 is 7.27. The number of esters is 1. The number of anilines is 1. The molecule has 1 N–H and O–H groups in total. The average molecular weight is 355 g/mol. The molecule has 7 nitrogen and oxygen atoms in total. The van der Waals surface area contributed by atoms with Crippen LogP contribution in [0.25, 0.3) is 0 Å². The summed E-state index contributed by atoms with van der Waals surface area (Å²) in [6.45, 7) is 4.49. The van der Waals surface area contributed by atoms with Gasteiger partial charge in [-0.2, -0.15) is 10.1 Å². The molecule has 2 aromatic heterocycles. The second-order valence-corrected chi connectivity index (χ2v) is 6.43. The lowest BCUT2D eigenvalue weighted by Crippen LogP contribution is -2.29. The zero-order valence-corrected chi connectivity index (χ0v) is 15.3. The lowest BCUT2D eigenvalue weighted by atomic mass is 9.96. The Hall–Kier alpha value is -2.70. The van der Waals surface area contributed by atoms with Crippen LogP contribution in [0.2, 0.25) is 0 Å². The number of unbranched alkanes of at least 4 members (excludes halogenated alkanes) is 4. The smallest absolute Gasteiger partial charge is 0.338 e. The van der Waals surface area contributed by atoms with Crippen LogP contribution in [-0.4, -0.2) is 32.3 Å². The topological polar surface area (TPSA) is 81.9 Å². The van der Waals surface area contributed by atoms with Gasteiger partial charge in [-0.15, -0.1) is 0 Å². The molecular formula is C19H25N5O2. The molecule has 1 atom stereocenters. The number of nitrogens with zero attached hydrogens (tertiary/aromatic N) is 4. The molecule has 3 rings (SSSR count). The van der Waals surface area contributed by atoms with Crippen LogP contribution in [0.4, 0.5) is 5.95 Å². The van der Waals surface area contributed by atoms with Crippen molar-refractivity contribution >= 4 is 11.9 Å². The van der Waals surface area contributed by atoms with Crippen molar-refractivity contribution in [1.29, 1.82) is 0 Å².